The van der Waals surface area contributed by atoms with Crippen molar-refractivity contribution in [2.75, 3.05) is 20.6 Å². The molecule has 0 bridgehead atoms. The molecule has 0 saturated carbocycles. The van der Waals surface area contributed by atoms with E-state index in [-0.39, 0.29) is 11.9 Å². The van der Waals surface area contributed by atoms with Crippen molar-refractivity contribution < 1.29 is 4.79 Å². The summed E-state index contributed by atoms with van der Waals surface area (Å²) in [7, 11) is 3.70. The number of carbonyl (C=O) groups excluding carboxylic acids is 1. The molecule has 0 radical (unpaired) electrons. The van der Waals surface area contributed by atoms with Gasteiger partial charge in [0.05, 0.1) is 18.5 Å². The fraction of sp³-hybridized carbons (Fsp3) is 0.500. The third kappa shape index (κ3) is 4.36. The monoisotopic (exact) mass is 273 g/mol. The second-order valence-corrected chi connectivity index (χ2v) is 5.19. The van der Waals surface area contributed by atoms with Crippen LogP contribution in [0, 0.1) is 18.3 Å². The summed E-state index contributed by atoms with van der Waals surface area (Å²) in [6.07, 6.45) is 0.371. The molecule has 0 fully saturated rings. The minimum atomic E-state index is -0.196. The standard InChI is InChI=1S/C16H23N3O/c1-13-8-5-6-9-15(13)12-19(4)14(2)16(20)18(3)11-7-10-17/h5-6,8-9,14H,7,11-12H2,1-4H3. The van der Waals surface area contributed by atoms with Gasteiger partial charge >= 0.3 is 0 Å². The lowest BCUT2D eigenvalue weighted by Gasteiger charge is -2.28. The normalized spacial score (nSPS) is 12.0. The molecule has 0 saturated heterocycles. The number of rotatable bonds is 6. The van der Waals surface area contributed by atoms with Gasteiger partial charge in [-0.25, -0.2) is 0 Å². The average Bonchev–Trinajstić information content (AvgIpc) is 2.45. The van der Waals surface area contributed by atoms with Gasteiger partial charge in [0.25, 0.3) is 0 Å². The molecule has 1 aromatic rings. The summed E-state index contributed by atoms with van der Waals surface area (Å²) in [4.78, 5) is 15.9. The van der Waals surface area contributed by atoms with Gasteiger partial charge in [-0.3, -0.25) is 9.69 Å². The van der Waals surface area contributed by atoms with E-state index in [2.05, 4.69) is 25.1 Å². The van der Waals surface area contributed by atoms with Gasteiger partial charge < -0.3 is 4.90 Å². The van der Waals surface area contributed by atoms with Crippen molar-refractivity contribution in [3.05, 3.63) is 35.4 Å². The third-order valence-electron chi connectivity index (χ3n) is 3.63. The highest BCUT2D eigenvalue weighted by Crippen LogP contribution is 2.12. The van der Waals surface area contributed by atoms with E-state index < -0.39 is 0 Å². The lowest BCUT2D eigenvalue weighted by molar-refractivity contribution is -0.134. The lowest BCUT2D eigenvalue weighted by Crippen LogP contribution is -2.44. The minimum absolute atomic E-state index is 0.0522. The molecule has 1 aromatic carbocycles. The molecular formula is C16H23N3O. The van der Waals surface area contributed by atoms with E-state index in [9.17, 15) is 4.79 Å². The predicted octanol–water partition coefficient (Wildman–Crippen LogP) is 2.19. The van der Waals surface area contributed by atoms with E-state index >= 15 is 0 Å². The predicted molar refractivity (Wildman–Crippen MR) is 80.0 cm³/mol. The third-order valence-corrected chi connectivity index (χ3v) is 3.63. The molecular weight excluding hydrogens is 250 g/mol. The van der Waals surface area contributed by atoms with Gasteiger partial charge in [-0.05, 0) is 32.0 Å². The van der Waals surface area contributed by atoms with Gasteiger partial charge in [-0.15, -0.1) is 0 Å². The maximum Gasteiger partial charge on any atom is 0.239 e. The molecule has 0 heterocycles. The Labute approximate surface area is 121 Å². The molecule has 1 rings (SSSR count). The molecule has 0 aromatic heterocycles. The van der Waals surface area contributed by atoms with Crippen LogP contribution < -0.4 is 0 Å². The number of benzene rings is 1. The first-order valence-corrected chi connectivity index (χ1v) is 6.84. The number of carbonyl (C=O) groups is 1. The first kappa shape index (κ1) is 16.2. The number of likely N-dealkylation sites (N-methyl/N-ethyl adjacent to an activating group) is 2. The van der Waals surface area contributed by atoms with Gasteiger partial charge in [0.1, 0.15) is 0 Å². The number of nitriles is 1. The Morgan fingerprint density at radius 1 is 1.35 bits per heavy atom. The van der Waals surface area contributed by atoms with Crippen LogP contribution in [0.1, 0.15) is 24.5 Å². The van der Waals surface area contributed by atoms with E-state index in [4.69, 9.17) is 5.26 Å². The summed E-state index contributed by atoms with van der Waals surface area (Å²) < 4.78 is 0. The fourth-order valence-electron chi connectivity index (χ4n) is 2.03. The van der Waals surface area contributed by atoms with Gasteiger partial charge in [0, 0.05) is 20.1 Å². The fourth-order valence-corrected chi connectivity index (χ4v) is 2.03. The summed E-state index contributed by atoms with van der Waals surface area (Å²) in [5.41, 5.74) is 2.46. The summed E-state index contributed by atoms with van der Waals surface area (Å²) in [6.45, 7) is 5.21. The quantitative estimate of drug-likeness (QED) is 0.798. The molecule has 4 nitrogen and oxygen atoms in total. The van der Waals surface area contributed by atoms with Crippen LogP contribution in [0.15, 0.2) is 24.3 Å². The number of hydrogen-bond donors (Lipinski definition) is 0. The molecule has 1 atom stereocenters. The van der Waals surface area contributed by atoms with Gasteiger partial charge in [-0.1, -0.05) is 24.3 Å². The minimum Gasteiger partial charge on any atom is -0.343 e. The molecule has 0 aliphatic heterocycles. The molecule has 0 N–H and O–H groups in total. The van der Waals surface area contributed by atoms with Crippen molar-refractivity contribution in [3.63, 3.8) is 0 Å². The van der Waals surface area contributed by atoms with Crippen molar-refractivity contribution in [2.24, 2.45) is 0 Å². The Kier molecular flexibility index (Phi) is 6.20. The van der Waals surface area contributed by atoms with Crippen LogP contribution in [0.3, 0.4) is 0 Å². The maximum absolute atomic E-state index is 12.2. The molecule has 4 heteroatoms. The van der Waals surface area contributed by atoms with E-state index in [0.29, 0.717) is 13.0 Å². The average molecular weight is 273 g/mol. The van der Waals surface area contributed by atoms with Gasteiger partial charge in [0.2, 0.25) is 5.91 Å². The molecule has 1 amide bonds. The van der Waals surface area contributed by atoms with Crippen LogP contribution in [0.5, 0.6) is 0 Å². The number of amides is 1. The molecule has 0 aliphatic rings. The topological polar surface area (TPSA) is 47.3 Å². The maximum atomic E-state index is 12.2. The van der Waals surface area contributed by atoms with Crippen molar-refractivity contribution in [3.8, 4) is 6.07 Å². The zero-order valence-corrected chi connectivity index (χ0v) is 12.8. The summed E-state index contributed by atoms with van der Waals surface area (Å²) in [5, 5.41) is 8.57. The Balaban J connectivity index is 2.63. The number of aryl methyl sites for hydroxylation is 1. The lowest BCUT2D eigenvalue weighted by atomic mass is 10.1. The Morgan fingerprint density at radius 2 is 2.00 bits per heavy atom. The number of hydrogen-bond acceptors (Lipinski definition) is 3. The van der Waals surface area contributed by atoms with Crippen LogP contribution >= 0.6 is 0 Å². The number of nitrogens with zero attached hydrogens (tertiary/aromatic N) is 3. The Morgan fingerprint density at radius 3 is 2.60 bits per heavy atom. The Bertz CT molecular complexity index is 493. The molecule has 108 valence electrons. The highest BCUT2D eigenvalue weighted by atomic mass is 16.2. The first-order chi connectivity index (χ1) is 9.47. The summed E-state index contributed by atoms with van der Waals surface area (Å²) >= 11 is 0. The van der Waals surface area contributed by atoms with Gasteiger partial charge in [-0.2, -0.15) is 5.26 Å². The van der Waals surface area contributed by atoms with Crippen molar-refractivity contribution in [1.82, 2.24) is 9.80 Å². The second kappa shape index (κ2) is 7.66. The highest BCUT2D eigenvalue weighted by molar-refractivity contribution is 5.81. The van der Waals surface area contributed by atoms with E-state index in [1.165, 1.54) is 11.1 Å². The Hall–Kier alpha value is -1.86. The van der Waals surface area contributed by atoms with E-state index in [1.807, 2.05) is 31.0 Å². The van der Waals surface area contributed by atoms with Crippen molar-refractivity contribution in [1.29, 1.82) is 5.26 Å². The smallest absolute Gasteiger partial charge is 0.239 e. The van der Waals surface area contributed by atoms with Crippen molar-refractivity contribution in [2.45, 2.75) is 32.9 Å². The van der Waals surface area contributed by atoms with Crippen LogP contribution in [0.2, 0.25) is 0 Å². The van der Waals surface area contributed by atoms with Crippen LogP contribution in [-0.4, -0.2) is 42.4 Å². The molecule has 1 unspecified atom stereocenters. The molecule has 0 aliphatic carbocycles. The summed E-state index contributed by atoms with van der Waals surface area (Å²) in [6, 6.07) is 10.1. The zero-order valence-electron chi connectivity index (χ0n) is 12.8. The molecule has 0 spiro atoms. The van der Waals surface area contributed by atoms with E-state index in [0.717, 1.165) is 6.54 Å². The van der Waals surface area contributed by atoms with Crippen LogP contribution in [0.4, 0.5) is 0 Å². The second-order valence-electron chi connectivity index (χ2n) is 5.19. The van der Waals surface area contributed by atoms with E-state index in [1.54, 1.807) is 11.9 Å². The zero-order chi connectivity index (χ0) is 15.1. The van der Waals surface area contributed by atoms with Crippen LogP contribution in [0.25, 0.3) is 0 Å². The molecule has 20 heavy (non-hydrogen) atoms. The van der Waals surface area contributed by atoms with Crippen molar-refractivity contribution >= 4 is 5.91 Å². The highest BCUT2D eigenvalue weighted by Gasteiger charge is 2.21. The summed E-state index contributed by atoms with van der Waals surface area (Å²) in [5.74, 6) is 0.0522. The SMILES string of the molecule is Cc1ccccc1CN(C)C(C)C(=O)N(C)CCC#N. The first-order valence-electron chi connectivity index (χ1n) is 6.84. The van der Waals surface area contributed by atoms with Crippen LogP contribution in [-0.2, 0) is 11.3 Å². The van der Waals surface area contributed by atoms with Gasteiger partial charge in [0.15, 0.2) is 0 Å². The largest absolute Gasteiger partial charge is 0.343 e.